The van der Waals surface area contributed by atoms with E-state index in [4.69, 9.17) is 4.42 Å². The molecule has 0 spiro atoms. The van der Waals surface area contributed by atoms with Gasteiger partial charge in [0.2, 0.25) is 0 Å². The zero-order chi connectivity index (χ0) is 18.9. The van der Waals surface area contributed by atoms with Crippen LogP contribution in [0.3, 0.4) is 0 Å². The molecule has 5 nitrogen and oxygen atoms in total. The van der Waals surface area contributed by atoms with Gasteiger partial charge >= 0.3 is 6.18 Å². The Hall–Kier alpha value is -2.62. The Morgan fingerprint density at radius 2 is 2.04 bits per heavy atom. The van der Waals surface area contributed by atoms with Crippen LogP contribution < -0.4 is 5.32 Å². The Bertz CT molecular complexity index is 949. The number of alkyl halides is 3. The number of furan rings is 1. The molecule has 0 fully saturated rings. The van der Waals surface area contributed by atoms with Crippen molar-refractivity contribution in [1.29, 1.82) is 0 Å². The van der Waals surface area contributed by atoms with Crippen LogP contribution in [-0.2, 0) is 12.7 Å². The molecule has 26 heavy (non-hydrogen) atoms. The highest BCUT2D eigenvalue weighted by Gasteiger charge is 2.31. The number of hydrogen-bond donors (Lipinski definition) is 1. The minimum atomic E-state index is -4.65. The summed E-state index contributed by atoms with van der Waals surface area (Å²) in [5, 5.41) is 6.11. The van der Waals surface area contributed by atoms with E-state index in [1.807, 2.05) is 0 Å². The Morgan fingerprint density at radius 3 is 2.69 bits per heavy atom. The number of carbonyl (C=O) groups is 1. The summed E-state index contributed by atoms with van der Waals surface area (Å²) in [4.78, 5) is 12.1. The van der Waals surface area contributed by atoms with Gasteiger partial charge in [-0.3, -0.25) is 9.48 Å². The van der Waals surface area contributed by atoms with Crippen LogP contribution >= 0.6 is 15.9 Å². The van der Waals surface area contributed by atoms with E-state index in [1.54, 1.807) is 17.1 Å². The molecule has 0 unspecified atom stereocenters. The van der Waals surface area contributed by atoms with Gasteiger partial charge in [0.15, 0.2) is 5.76 Å². The zero-order valence-electron chi connectivity index (χ0n) is 12.8. The number of aromatic nitrogens is 2. The summed E-state index contributed by atoms with van der Waals surface area (Å²) in [6.45, 7) is 0.247. The van der Waals surface area contributed by atoms with Gasteiger partial charge < -0.3 is 9.73 Å². The van der Waals surface area contributed by atoms with E-state index >= 15 is 0 Å². The number of benzene rings is 1. The number of halogens is 5. The lowest BCUT2D eigenvalue weighted by atomic mass is 10.2. The van der Waals surface area contributed by atoms with Crippen molar-refractivity contribution >= 4 is 27.5 Å². The van der Waals surface area contributed by atoms with Crippen molar-refractivity contribution in [3.8, 4) is 0 Å². The molecular formula is C16H10BrF4N3O2. The van der Waals surface area contributed by atoms with Crippen LogP contribution in [0.4, 0.5) is 23.2 Å². The molecule has 0 saturated heterocycles. The first-order valence-electron chi connectivity index (χ1n) is 7.17. The van der Waals surface area contributed by atoms with Crippen LogP contribution in [0.2, 0.25) is 0 Å². The van der Waals surface area contributed by atoms with Gasteiger partial charge in [0.05, 0.1) is 28.5 Å². The Kier molecular flexibility index (Phi) is 4.86. The van der Waals surface area contributed by atoms with Crippen molar-refractivity contribution in [3.63, 3.8) is 0 Å². The van der Waals surface area contributed by atoms with Gasteiger partial charge in [-0.05, 0) is 46.3 Å². The largest absolute Gasteiger partial charge is 0.454 e. The molecule has 2 aromatic heterocycles. The summed E-state index contributed by atoms with van der Waals surface area (Å²) in [7, 11) is 0. The van der Waals surface area contributed by atoms with Crippen molar-refractivity contribution in [2.45, 2.75) is 12.7 Å². The molecule has 10 heteroatoms. The number of amides is 1. The smallest absolute Gasteiger partial charge is 0.416 e. The number of carbonyl (C=O) groups excluding carboxylic acids is 1. The minimum absolute atomic E-state index is 0.164. The molecule has 1 amide bonds. The summed E-state index contributed by atoms with van der Waals surface area (Å²) >= 11 is 3.24. The molecule has 0 atom stereocenters. The molecule has 3 aromatic rings. The lowest BCUT2D eigenvalue weighted by molar-refractivity contribution is -0.137. The van der Waals surface area contributed by atoms with E-state index in [1.165, 1.54) is 12.1 Å². The van der Waals surface area contributed by atoms with Crippen molar-refractivity contribution in [1.82, 2.24) is 9.78 Å². The maximum Gasteiger partial charge on any atom is 0.416 e. The predicted molar refractivity (Wildman–Crippen MR) is 87.1 cm³/mol. The lowest BCUT2D eigenvalue weighted by Gasteiger charge is -2.10. The molecular weight excluding hydrogens is 422 g/mol. The van der Waals surface area contributed by atoms with E-state index in [-0.39, 0.29) is 12.3 Å². The molecule has 2 heterocycles. The average Bonchev–Trinajstić information content (AvgIpc) is 3.18. The number of nitrogens with zero attached hydrogens (tertiary/aromatic N) is 2. The molecule has 3 rings (SSSR count). The molecule has 0 aliphatic heterocycles. The summed E-state index contributed by atoms with van der Waals surface area (Å²) in [6, 6.07) is 4.62. The van der Waals surface area contributed by atoms with E-state index in [0.717, 1.165) is 4.47 Å². The van der Waals surface area contributed by atoms with Crippen molar-refractivity contribution in [2.24, 2.45) is 0 Å². The maximum absolute atomic E-state index is 13.7. The van der Waals surface area contributed by atoms with Crippen LogP contribution in [0.25, 0.3) is 0 Å². The monoisotopic (exact) mass is 431 g/mol. The highest BCUT2D eigenvalue weighted by atomic mass is 79.9. The number of nitrogens with one attached hydrogen (secondary N) is 1. The fraction of sp³-hybridized carbons (Fsp3) is 0.125. The molecule has 0 bridgehead atoms. The first-order chi connectivity index (χ1) is 12.2. The SMILES string of the molecule is O=C(Nc1cc(C(F)(F)F)ccc1F)c1ccc(Cn2cc(Br)cn2)o1. The second-order valence-electron chi connectivity index (χ2n) is 5.27. The van der Waals surface area contributed by atoms with Crippen molar-refractivity contribution < 1.29 is 26.8 Å². The fourth-order valence-corrected chi connectivity index (χ4v) is 2.48. The highest BCUT2D eigenvalue weighted by Crippen LogP contribution is 2.32. The number of anilines is 1. The molecule has 1 N–H and O–H groups in total. The van der Waals surface area contributed by atoms with Gasteiger partial charge in [-0.15, -0.1) is 0 Å². The first-order valence-corrected chi connectivity index (χ1v) is 7.96. The second kappa shape index (κ2) is 6.94. The second-order valence-corrected chi connectivity index (χ2v) is 6.18. The Morgan fingerprint density at radius 1 is 1.27 bits per heavy atom. The molecule has 0 aliphatic rings. The Balaban J connectivity index is 1.74. The normalized spacial score (nSPS) is 11.6. The molecule has 0 radical (unpaired) electrons. The third-order valence-corrected chi connectivity index (χ3v) is 3.76. The summed E-state index contributed by atoms with van der Waals surface area (Å²) < 4.78 is 59.5. The van der Waals surface area contributed by atoms with E-state index in [9.17, 15) is 22.4 Å². The zero-order valence-corrected chi connectivity index (χ0v) is 14.4. The van der Waals surface area contributed by atoms with Crippen molar-refractivity contribution in [2.75, 3.05) is 5.32 Å². The third kappa shape index (κ3) is 4.13. The van der Waals surface area contributed by atoms with Gasteiger partial charge in [-0.1, -0.05) is 0 Å². The maximum atomic E-state index is 13.7. The van der Waals surface area contributed by atoms with Crippen molar-refractivity contribution in [3.05, 3.63) is 70.1 Å². The molecule has 0 aliphatic carbocycles. The number of hydrogen-bond acceptors (Lipinski definition) is 3. The molecule has 136 valence electrons. The van der Waals surface area contributed by atoms with Crippen LogP contribution in [0.1, 0.15) is 21.9 Å². The van der Waals surface area contributed by atoms with Gasteiger partial charge in [-0.2, -0.15) is 18.3 Å². The van der Waals surface area contributed by atoms with Gasteiger partial charge in [0, 0.05) is 6.20 Å². The van der Waals surface area contributed by atoms with E-state index < -0.39 is 29.2 Å². The van der Waals surface area contributed by atoms with Crippen LogP contribution in [0.15, 0.2) is 51.6 Å². The summed E-state index contributed by atoms with van der Waals surface area (Å²) in [5.74, 6) is -1.62. The Labute approximate surface area is 152 Å². The van der Waals surface area contributed by atoms with Gasteiger partial charge in [-0.25, -0.2) is 4.39 Å². The summed E-state index contributed by atoms with van der Waals surface area (Å²) in [6.07, 6.45) is -1.38. The van der Waals surface area contributed by atoms with E-state index in [0.29, 0.717) is 24.0 Å². The first kappa shape index (κ1) is 18.2. The highest BCUT2D eigenvalue weighted by molar-refractivity contribution is 9.10. The quantitative estimate of drug-likeness (QED) is 0.609. The summed E-state index contributed by atoms with van der Waals surface area (Å²) in [5.41, 5.74) is -1.66. The molecule has 1 aromatic carbocycles. The fourth-order valence-electron chi connectivity index (χ4n) is 2.15. The standard InChI is InChI=1S/C16H10BrF4N3O2/c17-10-6-22-24(7-10)8-11-2-4-14(26-11)15(25)23-13-5-9(16(19,20)21)1-3-12(13)18/h1-7H,8H2,(H,23,25). The molecule has 0 saturated carbocycles. The van der Waals surface area contributed by atoms with Crippen LogP contribution in [0, 0.1) is 5.82 Å². The van der Waals surface area contributed by atoms with E-state index in [2.05, 4.69) is 26.3 Å². The van der Waals surface area contributed by atoms with Gasteiger partial charge in [0.1, 0.15) is 11.6 Å². The third-order valence-electron chi connectivity index (χ3n) is 3.35. The van der Waals surface area contributed by atoms with Crippen LogP contribution in [-0.4, -0.2) is 15.7 Å². The average molecular weight is 432 g/mol. The predicted octanol–water partition coefficient (Wildman–Crippen LogP) is 4.70. The minimum Gasteiger partial charge on any atom is -0.454 e. The topological polar surface area (TPSA) is 60.1 Å². The van der Waals surface area contributed by atoms with Gasteiger partial charge in [0.25, 0.3) is 5.91 Å². The van der Waals surface area contributed by atoms with Crippen LogP contribution in [0.5, 0.6) is 0 Å². The lowest BCUT2D eigenvalue weighted by Crippen LogP contribution is -2.14. The number of rotatable bonds is 4.